The molecule has 96 valence electrons. The standard InChI is InChI=1S/C12H13F2N3O/c1-3-8-11(15)12(17(2)16-8)18-9-6-4-5-7(13)10(9)14/h4-6H,3,15H2,1-2H3. The normalized spacial score (nSPS) is 10.7. The molecule has 0 saturated carbocycles. The van der Waals surface area contributed by atoms with Gasteiger partial charge in [0.05, 0.1) is 5.69 Å². The summed E-state index contributed by atoms with van der Waals surface area (Å²) in [4.78, 5) is 0. The van der Waals surface area contributed by atoms with Crippen LogP contribution in [0, 0.1) is 11.6 Å². The van der Waals surface area contributed by atoms with Crippen LogP contribution in [0.1, 0.15) is 12.6 Å². The molecule has 18 heavy (non-hydrogen) atoms. The van der Waals surface area contributed by atoms with Crippen LogP contribution in [0.4, 0.5) is 14.5 Å². The summed E-state index contributed by atoms with van der Waals surface area (Å²) in [6, 6.07) is 3.71. The second kappa shape index (κ2) is 4.64. The molecule has 0 atom stereocenters. The van der Waals surface area contributed by atoms with E-state index in [0.717, 1.165) is 6.07 Å². The molecule has 6 heteroatoms. The molecule has 1 heterocycles. The van der Waals surface area contributed by atoms with Crippen molar-refractivity contribution in [3.63, 3.8) is 0 Å². The van der Waals surface area contributed by atoms with E-state index in [1.807, 2.05) is 6.92 Å². The third-order valence-corrected chi connectivity index (χ3v) is 2.56. The second-order valence-electron chi connectivity index (χ2n) is 3.80. The molecule has 0 radical (unpaired) electrons. The van der Waals surface area contributed by atoms with Gasteiger partial charge in [0.2, 0.25) is 11.7 Å². The van der Waals surface area contributed by atoms with Gasteiger partial charge in [-0.3, -0.25) is 0 Å². The largest absolute Gasteiger partial charge is 0.434 e. The monoisotopic (exact) mass is 253 g/mol. The van der Waals surface area contributed by atoms with Crippen molar-refractivity contribution < 1.29 is 13.5 Å². The van der Waals surface area contributed by atoms with E-state index in [0.29, 0.717) is 17.8 Å². The summed E-state index contributed by atoms with van der Waals surface area (Å²) in [5.41, 5.74) is 6.82. The van der Waals surface area contributed by atoms with Crippen molar-refractivity contribution in [1.82, 2.24) is 9.78 Å². The Labute approximate surface area is 103 Å². The highest BCUT2D eigenvalue weighted by Crippen LogP contribution is 2.31. The maximum absolute atomic E-state index is 13.5. The fraction of sp³-hybridized carbons (Fsp3) is 0.250. The highest BCUT2D eigenvalue weighted by atomic mass is 19.2. The van der Waals surface area contributed by atoms with Gasteiger partial charge in [-0.2, -0.15) is 9.49 Å². The van der Waals surface area contributed by atoms with Crippen molar-refractivity contribution in [3.05, 3.63) is 35.5 Å². The van der Waals surface area contributed by atoms with E-state index in [2.05, 4.69) is 5.10 Å². The molecule has 4 nitrogen and oxygen atoms in total. The van der Waals surface area contributed by atoms with Crippen LogP contribution >= 0.6 is 0 Å². The molecule has 0 aliphatic carbocycles. The molecule has 2 N–H and O–H groups in total. The summed E-state index contributed by atoms with van der Waals surface area (Å²) in [5, 5.41) is 4.13. The molecule has 1 aromatic heterocycles. The number of aromatic nitrogens is 2. The predicted octanol–water partition coefficient (Wildman–Crippen LogP) is 2.64. The quantitative estimate of drug-likeness (QED) is 0.914. The molecule has 0 unspecified atom stereocenters. The van der Waals surface area contributed by atoms with E-state index in [1.54, 1.807) is 7.05 Å². The average Bonchev–Trinajstić information content (AvgIpc) is 2.62. The van der Waals surface area contributed by atoms with Crippen molar-refractivity contribution in [2.45, 2.75) is 13.3 Å². The Hall–Kier alpha value is -2.11. The van der Waals surface area contributed by atoms with Crippen LogP contribution in [-0.2, 0) is 13.5 Å². The first kappa shape index (κ1) is 12.3. The van der Waals surface area contributed by atoms with Crippen LogP contribution < -0.4 is 10.5 Å². The molecular formula is C12H13F2N3O. The average molecular weight is 253 g/mol. The number of hydrogen-bond donors (Lipinski definition) is 1. The van der Waals surface area contributed by atoms with Gasteiger partial charge in [0.15, 0.2) is 11.6 Å². The summed E-state index contributed by atoms with van der Waals surface area (Å²) in [6.45, 7) is 1.89. The van der Waals surface area contributed by atoms with Crippen molar-refractivity contribution in [1.29, 1.82) is 0 Å². The summed E-state index contributed by atoms with van der Waals surface area (Å²) in [6.07, 6.45) is 0.634. The van der Waals surface area contributed by atoms with Crippen LogP contribution in [-0.4, -0.2) is 9.78 Å². The van der Waals surface area contributed by atoms with Gasteiger partial charge >= 0.3 is 0 Å². The first-order valence-electron chi connectivity index (χ1n) is 5.47. The summed E-state index contributed by atoms with van der Waals surface area (Å²) in [5.74, 6) is -2.02. The molecule has 0 amide bonds. The molecule has 0 spiro atoms. The van der Waals surface area contributed by atoms with Gasteiger partial charge in [-0.1, -0.05) is 13.0 Å². The number of aryl methyl sites for hydroxylation is 2. The van der Waals surface area contributed by atoms with E-state index >= 15 is 0 Å². The zero-order valence-corrected chi connectivity index (χ0v) is 10.1. The molecule has 0 bridgehead atoms. The fourth-order valence-corrected chi connectivity index (χ4v) is 1.63. The minimum atomic E-state index is -1.05. The highest BCUT2D eigenvalue weighted by molar-refractivity contribution is 5.54. The number of nitrogens with two attached hydrogens (primary N) is 1. The first-order chi connectivity index (χ1) is 8.54. The molecular weight excluding hydrogens is 240 g/mol. The molecule has 0 aliphatic heterocycles. The highest BCUT2D eigenvalue weighted by Gasteiger charge is 2.17. The minimum absolute atomic E-state index is 0.205. The first-order valence-corrected chi connectivity index (χ1v) is 5.47. The summed E-state index contributed by atoms with van der Waals surface area (Å²) in [7, 11) is 1.63. The number of halogens is 2. The molecule has 2 aromatic rings. The van der Waals surface area contributed by atoms with Crippen molar-refractivity contribution >= 4 is 5.69 Å². The third kappa shape index (κ3) is 2.01. The van der Waals surface area contributed by atoms with Crippen LogP contribution in [0.3, 0.4) is 0 Å². The number of ether oxygens (including phenoxy) is 1. The van der Waals surface area contributed by atoms with Crippen LogP contribution in [0.5, 0.6) is 11.6 Å². The van der Waals surface area contributed by atoms with Gasteiger partial charge in [0.25, 0.3) is 0 Å². The van der Waals surface area contributed by atoms with Gasteiger partial charge in [-0.25, -0.2) is 9.07 Å². The van der Waals surface area contributed by atoms with Crippen molar-refractivity contribution in [2.24, 2.45) is 7.05 Å². The van der Waals surface area contributed by atoms with E-state index in [1.165, 1.54) is 16.8 Å². The summed E-state index contributed by atoms with van der Waals surface area (Å²) < 4.78 is 33.2. The number of rotatable bonds is 3. The second-order valence-corrected chi connectivity index (χ2v) is 3.80. The molecule has 1 aromatic carbocycles. The minimum Gasteiger partial charge on any atom is -0.434 e. The molecule has 2 rings (SSSR count). The number of hydrogen-bond acceptors (Lipinski definition) is 3. The van der Waals surface area contributed by atoms with E-state index in [-0.39, 0.29) is 11.6 Å². The smallest absolute Gasteiger partial charge is 0.241 e. The lowest BCUT2D eigenvalue weighted by atomic mass is 10.3. The topological polar surface area (TPSA) is 53.1 Å². The Balaban J connectivity index is 2.40. The SMILES string of the molecule is CCc1nn(C)c(Oc2cccc(F)c2F)c1N. The van der Waals surface area contributed by atoms with E-state index in [4.69, 9.17) is 10.5 Å². The zero-order chi connectivity index (χ0) is 13.3. The number of nitrogens with zero attached hydrogens (tertiary/aromatic N) is 2. The van der Waals surface area contributed by atoms with Crippen LogP contribution in [0.15, 0.2) is 18.2 Å². The van der Waals surface area contributed by atoms with E-state index in [9.17, 15) is 8.78 Å². The fourth-order valence-electron chi connectivity index (χ4n) is 1.63. The number of nitrogen functional groups attached to an aromatic ring is 1. The lowest BCUT2D eigenvalue weighted by Gasteiger charge is -2.07. The number of anilines is 1. The molecule has 0 fully saturated rings. The Kier molecular flexibility index (Phi) is 3.18. The van der Waals surface area contributed by atoms with Crippen molar-refractivity contribution in [2.75, 3.05) is 5.73 Å². The Morgan fingerprint density at radius 2 is 2.11 bits per heavy atom. The van der Waals surface area contributed by atoms with Gasteiger partial charge < -0.3 is 10.5 Å². The van der Waals surface area contributed by atoms with Crippen molar-refractivity contribution in [3.8, 4) is 11.6 Å². The third-order valence-electron chi connectivity index (χ3n) is 2.56. The van der Waals surface area contributed by atoms with Gasteiger partial charge in [-0.05, 0) is 18.6 Å². The van der Waals surface area contributed by atoms with Gasteiger partial charge in [0.1, 0.15) is 5.69 Å². The van der Waals surface area contributed by atoms with Gasteiger partial charge in [0, 0.05) is 7.05 Å². The van der Waals surface area contributed by atoms with Crippen LogP contribution in [0.2, 0.25) is 0 Å². The Morgan fingerprint density at radius 3 is 2.72 bits per heavy atom. The van der Waals surface area contributed by atoms with Gasteiger partial charge in [-0.15, -0.1) is 0 Å². The zero-order valence-electron chi connectivity index (χ0n) is 10.1. The lowest BCUT2D eigenvalue weighted by Crippen LogP contribution is -1.99. The van der Waals surface area contributed by atoms with Crippen LogP contribution in [0.25, 0.3) is 0 Å². The molecule has 0 saturated heterocycles. The Bertz CT molecular complexity index is 581. The van der Waals surface area contributed by atoms with E-state index < -0.39 is 11.6 Å². The predicted molar refractivity (Wildman–Crippen MR) is 63.4 cm³/mol. The lowest BCUT2D eigenvalue weighted by molar-refractivity contribution is 0.389. The Morgan fingerprint density at radius 1 is 1.39 bits per heavy atom. The summed E-state index contributed by atoms with van der Waals surface area (Å²) >= 11 is 0. The maximum Gasteiger partial charge on any atom is 0.241 e. The number of benzene rings is 1. The maximum atomic E-state index is 13.5. The molecule has 0 aliphatic rings.